The van der Waals surface area contributed by atoms with E-state index < -0.39 is 0 Å². The van der Waals surface area contributed by atoms with Crippen molar-refractivity contribution in [3.05, 3.63) is 69.8 Å². The van der Waals surface area contributed by atoms with Crippen LogP contribution in [-0.2, 0) is 23.9 Å². The Bertz CT molecular complexity index is 1510. The van der Waals surface area contributed by atoms with Crippen LogP contribution < -0.4 is 16.2 Å². The summed E-state index contributed by atoms with van der Waals surface area (Å²) >= 11 is 0. The molecule has 2 N–H and O–H groups in total. The molecule has 1 aliphatic carbocycles. The van der Waals surface area contributed by atoms with Gasteiger partial charge in [-0.3, -0.25) is 4.79 Å². The highest BCUT2D eigenvalue weighted by Gasteiger charge is 2.40. The average molecular weight is 470 g/mol. The van der Waals surface area contributed by atoms with Gasteiger partial charge in [-0.2, -0.15) is 4.98 Å². The van der Waals surface area contributed by atoms with E-state index in [0.717, 1.165) is 37.2 Å². The summed E-state index contributed by atoms with van der Waals surface area (Å²) in [4.78, 5) is 27.4. The van der Waals surface area contributed by atoms with Crippen molar-refractivity contribution in [1.29, 1.82) is 0 Å². The van der Waals surface area contributed by atoms with Crippen molar-refractivity contribution in [2.24, 2.45) is 0 Å². The first-order valence-corrected chi connectivity index (χ1v) is 12.4. The molecular formula is C27H31N7O. The third-order valence-electron chi connectivity index (χ3n) is 7.54. The first-order chi connectivity index (χ1) is 16.8. The summed E-state index contributed by atoms with van der Waals surface area (Å²) in [5.74, 6) is 1.16. The van der Waals surface area contributed by atoms with Crippen LogP contribution in [0.5, 0.6) is 0 Å². The summed E-state index contributed by atoms with van der Waals surface area (Å²) in [6.07, 6.45) is 4.88. The minimum absolute atomic E-state index is 0.0419. The largest absolute Gasteiger partial charge is 0.324 e. The van der Waals surface area contributed by atoms with E-state index in [1.165, 1.54) is 11.1 Å². The fraction of sp³-hybridized carbons (Fsp3) is 0.407. The lowest BCUT2D eigenvalue weighted by molar-refractivity contribution is 0.382. The minimum Gasteiger partial charge on any atom is -0.324 e. The second-order valence-electron chi connectivity index (χ2n) is 10.5. The number of hydrogen-bond donors (Lipinski definition) is 2. The predicted molar refractivity (Wildman–Crippen MR) is 138 cm³/mol. The van der Waals surface area contributed by atoms with Gasteiger partial charge in [-0.25, -0.2) is 19.3 Å². The lowest BCUT2D eigenvalue weighted by Gasteiger charge is -2.34. The van der Waals surface area contributed by atoms with Crippen molar-refractivity contribution in [1.82, 2.24) is 29.6 Å². The molecule has 2 aliphatic rings. The molecular weight excluding hydrogens is 438 g/mol. The third-order valence-corrected chi connectivity index (χ3v) is 7.54. The van der Waals surface area contributed by atoms with Gasteiger partial charge >= 0.3 is 0 Å². The van der Waals surface area contributed by atoms with E-state index in [1.54, 1.807) is 10.9 Å². The highest BCUT2D eigenvalue weighted by molar-refractivity contribution is 5.77. The number of nitrogens with one attached hydrogen (secondary N) is 2. The van der Waals surface area contributed by atoms with Gasteiger partial charge in [0.25, 0.3) is 5.56 Å². The monoisotopic (exact) mass is 469 g/mol. The number of hydrogen-bond acceptors (Lipinski definition) is 6. The van der Waals surface area contributed by atoms with Crippen molar-refractivity contribution in [3.8, 4) is 5.82 Å². The first kappa shape index (κ1) is 22.0. The van der Waals surface area contributed by atoms with Gasteiger partial charge in [0.05, 0.1) is 0 Å². The second kappa shape index (κ2) is 7.75. The SMILES string of the molecule is CCn1c(=O)c2cnc(Nc3ccc4c(c3)CCNC4(C)C)nc2n1-c1cccc(C2(C)CC2)n1. The maximum absolute atomic E-state index is 13.1. The molecule has 6 rings (SSSR count). The molecule has 0 unspecified atom stereocenters. The smallest absolute Gasteiger partial charge is 0.278 e. The summed E-state index contributed by atoms with van der Waals surface area (Å²) in [5.41, 5.74) is 5.18. The number of anilines is 2. The highest BCUT2D eigenvalue weighted by Crippen LogP contribution is 2.46. The van der Waals surface area contributed by atoms with E-state index in [4.69, 9.17) is 9.97 Å². The van der Waals surface area contributed by atoms with Crippen LogP contribution in [0.25, 0.3) is 16.9 Å². The molecule has 1 saturated carbocycles. The molecule has 1 aliphatic heterocycles. The van der Waals surface area contributed by atoms with Crippen molar-refractivity contribution >= 4 is 22.7 Å². The van der Waals surface area contributed by atoms with Crippen molar-refractivity contribution in [2.75, 3.05) is 11.9 Å². The molecule has 4 aromatic rings. The van der Waals surface area contributed by atoms with E-state index in [2.05, 4.69) is 60.7 Å². The third kappa shape index (κ3) is 3.63. The second-order valence-corrected chi connectivity index (χ2v) is 10.5. The van der Waals surface area contributed by atoms with E-state index in [0.29, 0.717) is 29.3 Å². The van der Waals surface area contributed by atoms with Crippen molar-refractivity contribution in [3.63, 3.8) is 0 Å². The zero-order valence-electron chi connectivity index (χ0n) is 20.7. The Balaban J connectivity index is 1.42. The van der Waals surface area contributed by atoms with Crippen LogP contribution in [0.3, 0.4) is 0 Å². The van der Waals surface area contributed by atoms with Crippen LogP contribution in [0.15, 0.2) is 47.4 Å². The number of benzene rings is 1. The Kier molecular flexibility index (Phi) is 4.86. The van der Waals surface area contributed by atoms with Crippen LogP contribution in [0, 0.1) is 0 Å². The van der Waals surface area contributed by atoms with Gasteiger partial charge < -0.3 is 10.6 Å². The number of pyridine rings is 1. The Labute approximate surface area is 204 Å². The molecule has 1 fully saturated rings. The predicted octanol–water partition coefficient (Wildman–Crippen LogP) is 4.17. The molecule has 0 atom stereocenters. The standard InChI is InChI=1S/C27H31N7O/c1-5-33-24(35)19-16-28-25(30-18-9-10-20-17(15-18)11-14-29-26(20,2)3)32-23(19)34(33)22-8-6-7-21(31-22)27(4)12-13-27/h6-10,15-16,29H,5,11-14H2,1-4H3,(H,28,30,32). The molecule has 1 aromatic carbocycles. The molecule has 35 heavy (non-hydrogen) atoms. The summed E-state index contributed by atoms with van der Waals surface area (Å²) in [6, 6.07) is 12.4. The number of aromatic nitrogens is 5. The Morgan fingerprint density at radius 1 is 1.11 bits per heavy atom. The maximum atomic E-state index is 13.1. The maximum Gasteiger partial charge on any atom is 0.278 e. The molecule has 0 spiro atoms. The van der Waals surface area contributed by atoms with Crippen molar-refractivity contribution in [2.45, 2.75) is 64.5 Å². The van der Waals surface area contributed by atoms with Crippen molar-refractivity contribution < 1.29 is 0 Å². The fourth-order valence-corrected chi connectivity index (χ4v) is 5.15. The van der Waals surface area contributed by atoms with Gasteiger partial charge in [0.15, 0.2) is 11.5 Å². The molecule has 0 bridgehead atoms. The molecule has 8 heteroatoms. The molecule has 0 amide bonds. The van der Waals surface area contributed by atoms with Gasteiger partial charge in [0.1, 0.15) is 5.39 Å². The van der Waals surface area contributed by atoms with E-state index >= 15 is 0 Å². The molecule has 3 aromatic heterocycles. The van der Waals surface area contributed by atoms with E-state index in [1.807, 2.05) is 23.7 Å². The van der Waals surface area contributed by atoms with Crippen LogP contribution in [0.2, 0.25) is 0 Å². The molecule has 0 saturated heterocycles. The van der Waals surface area contributed by atoms with Gasteiger partial charge in [0.2, 0.25) is 5.95 Å². The van der Waals surface area contributed by atoms with E-state index in [9.17, 15) is 4.79 Å². The zero-order chi connectivity index (χ0) is 24.4. The Morgan fingerprint density at radius 3 is 2.71 bits per heavy atom. The summed E-state index contributed by atoms with van der Waals surface area (Å²) < 4.78 is 3.51. The van der Waals surface area contributed by atoms with Gasteiger partial charge in [-0.05, 0) is 82.0 Å². The van der Waals surface area contributed by atoms with Gasteiger partial charge in [0, 0.05) is 35.1 Å². The van der Waals surface area contributed by atoms with Gasteiger partial charge in [-0.15, -0.1) is 0 Å². The normalized spacial score (nSPS) is 17.8. The van der Waals surface area contributed by atoms with Gasteiger partial charge in [-0.1, -0.05) is 19.1 Å². The molecule has 4 heterocycles. The molecule has 0 radical (unpaired) electrons. The summed E-state index contributed by atoms with van der Waals surface area (Å²) in [7, 11) is 0. The average Bonchev–Trinajstić information content (AvgIpc) is 3.53. The molecule has 8 nitrogen and oxygen atoms in total. The quantitative estimate of drug-likeness (QED) is 0.456. The topological polar surface area (TPSA) is 89.7 Å². The Morgan fingerprint density at radius 2 is 1.94 bits per heavy atom. The lowest BCUT2D eigenvalue weighted by Crippen LogP contribution is -2.42. The van der Waals surface area contributed by atoms with E-state index in [-0.39, 0.29) is 16.5 Å². The van der Waals surface area contributed by atoms with Crippen LogP contribution >= 0.6 is 0 Å². The van der Waals surface area contributed by atoms with Crippen LogP contribution in [0.4, 0.5) is 11.6 Å². The number of rotatable bonds is 5. The Hall–Kier alpha value is -3.52. The van der Waals surface area contributed by atoms with Crippen LogP contribution in [-0.4, -0.2) is 30.9 Å². The first-order valence-electron chi connectivity index (χ1n) is 12.4. The molecule has 180 valence electrons. The number of nitrogens with zero attached hydrogens (tertiary/aromatic N) is 5. The highest BCUT2D eigenvalue weighted by atomic mass is 16.1. The number of fused-ring (bicyclic) bond motifs is 2. The summed E-state index contributed by atoms with van der Waals surface area (Å²) in [5, 5.41) is 7.41. The van der Waals surface area contributed by atoms with Crippen LogP contribution in [0.1, 0.15) is 57.4 Å². The summed E-state index contributed by atoms with van der Waals surface area (Å²) in [6.45, 7) is 10.1. The minimum atomic E-state index is -0.109. The zero-order valence-corrected chi connectivity index (χ0v) is 20.7. The fourth-order valence-electron chi connectivity index (χ4n) is 5.15. The lowest BCUT2D eigenvalue weighted by atomic mass is 9.85.